The maximum absolute atomic E-state index is 12.9. The third-order valence-corrected chi connectivity index (χ3v) is 3.80. The lowest BCUT2D eigenvalue weighted by Gasteiger charge is -2.07. The van der Waals surface area contributed by atoms with Gasteiger partial charge >= 0.3 is 0 Å². The highest BCUT2D eigenvalue weighted by Gasteiger charge is 2.19. The Labute approximate surface area is 139 Å². The quantitative estimate of drug-likeness (QED) is 0.549. The number of fused-ring (bicyclic) bond motifs is 1. The zero-order valence-corrected chi connectivity index (χ0v) is 13.5. The van der Waals surface area contributed by atoms with Crippen LogP contribution in [-0.4, -0.2) is 17.1 Å². The number of nitrogens with one attached hydrogen (secondary N) is 2. The number of hydrogen-bond donors (Lipinski definition) is 2. The number of aromatic nitrogens is 1. The summed E-state index contributed by atoms with van der Waals surface area (Å²) in [5.41, 5.74) is 5.64. The molecule has 0 saturated heterocycles. The van der Waals surface area contributed by atoms with Gasteiger partial charge in [0.05, 0.1) is 6.21 Å². The Bertz CT molecular complexity index is 895. The van der Waals surface area contributed by atoms with Crippen LogP contribution in [0.3, 0.4) is 0 Å². The van der Waals surface area contributed by atoms with Crippen LogP contribution in [0.1, 0.15) is 41.4 Å². The van der Waals surface area contributed by atoms with Crippen molar-refractivity contribution in [1.29, 1.82) is 0 Å². The average molecular weight is 323 g/mol. The van der Waals surface area contributed by atoms with Crippen LogP contribution < -0.4 is 5.43 Å². The van der Waals surface area contributed by atoms with Gasteiger partial charge in [0.2, 0.25) is 0 Å². The van der Waals surface area contributed by atoms with E-state index in [-0.39, 0.29) is 17.6 Å². The molecule has 3 rings (SSSR count). The number of amides is 1. The van der Waals surface area contributed by atoms with Crippen molar-refractivity contribution in [3.63, 3.8) is 0 Å². The van der Waals surface area contributed by atoms with Gasteiger partial charge < -0.3 is 4.98 Å². The van der Waals surface area contributed by atoms with Crippen molar-refractivity contribution < 1.29 is 9.18 Å². The number of rotatable bonds is 4. The lowest BCUT2D eigenvalue weighted by atomic mass is 9.99. The smallest absolute Gasteiger partial charge is 0.288 e. The van der Waals surface area contributed by atoms with Crippen molar-refractivity contribution in [3.8, 4) is 0 Å². The van der Waals surface area contributed by atoms with Gasteiger partial charge in [-0.3, -0.25) is 4.79 Å². The molecular weight excluding hydrogens is 305 g/mol. The lowest BCUT2D eigenvalue weighted by Crippen LogP contribution is -2.19. The Morgan fingerprint density at radius 1 is 1.17 bits per heavy atom. The maximum Gasteiger partial charge on any atom is 0.288 e. The van der Waals surface area contributed by atoms with Crippen LogP contribution >= 0.6 is 0 Å². The minimum atomic E-state index is -0.309. The highest BCUT2D eigenvalue weighted by Crippen LogP contribution is 2.28. The van der Waals surface area contributed by atoms with Crippen molar-refractivity contribution in [3.05, 3.63) is 71.2 Å². The van der Waals surface area contributed by atoms with E-state index in [2.05, 4.69) is 15.5 Å². The fourth-order valence-corrected chi connectivity index (χ4v) is 2.71. The Kier molecular flexibility index (Phi) is 4.42. The van der Waals surface area contributed by atoms with Crippen LogP contribution in [0.25, 0.3) is 10.9 Å². The van der Waals surface area contributed by atoms with Gasteiger partial charge in [-0.15, -0.1) is 0 Å². The van der Waals surface area contributed by atoms with Crippen molar-refractivity contribution in [2.45, 2.75) is 19.8 Å². The first-order valence-corrected chi connectivity index (χ1v) is 7.76. The maximum atomic E-state index is 12.9. The standard InChI is InChI=1S/C19H18FN3O/c1-12(2)17-15-5-3-4-6-16(15)22-18(17)19(24)23-21-11-13-7-9-14(20)10-8-13/h3-12,22H,1-2H3,(H,23,24)/b21-11-. The molecule has 0 atom stereocenters. The molecule has 3 aromatic rings. The molecule has 1 aromatic heterocycles. The van der Waals surface area contributed by atoms with Crippen LogP contribution in [0.5, 0.6) is 0 Å². The van der Waals surface area contributed by atoms with Gasteiger partial charge in [0.25, 0.3) is 5.91 Å². The number of para-hydroxylation sites is 1. The van der Waals surface area contributed by atoms with Gasteiger partial charge in [0.15, 0.2) is 0 Å². The Morgan fingerprint density at radius 2 is 1.88 bits per heavy atom. The molecule has 0 bridgehead atoms. The fraction of sp³-hybridized carbons (Fsp3) is 0.158. The van der Waals surface area contributed by atoms with E-state index in [0.29, 0.717) is 11.3 Å². The molecule has 0 aliphatic rings. The highest BCUT2D eigenvalue weighted by molar-refractivity contribution is 6.01. The Balaban J connectivity index is 1.83. The SMILES string of the molecule is CC(C)c1c(C(=O)N/N=C\c2ccc(F)cc2)[nH]c2ccccc12. The first kappa shape index (κ1) is 15.9. The van der Waals surface area contributed by atoms with Gasteiger partial charge in [-0.05, 0) is 35.2 Å². The van der Waals surface area contributed by atoms with Crippen LogP contribution in [0, 0.1) is 5.82 Å². The number of aromatic amines is 1. The molecule has 0 unspecified atom stereocenters. The predicted molar refractivity (Wildman–Crippen MR) is 93.8 cm³/mol. The number of carbonyl (C=O) groups is 1. The summed E-state index contributed by atoms with van der Waals surface area (Å²) in [5.74, 6) is -0.410. The summed E-state index contributed by atoms with van der Waals surface area (Å²) in [5, 5.41) is 4.99. The zero-order chi connectivity index (χ0) is 17.1. The Morgan fingerprint density at radius 3 is 2.58 bits per heavy atom. The van der Waals surface area contributed by atoms with Crippen LogP contribution in [0.15, 0.2) is 53.6 Å². The monoisotopic (exact) mass is 323 g/mol. The topological polar surface area (TPSA) is 57.2 Å². The molecule has 0 aliphatic carbocycles. The van der Waals surface area contributed by atoms with Crippen LogP contribution in [0.4, 0.5) is 4.39 Å². The second kappa shape index (κ2) is 6.66. The summed E-state index contributed by atoms with van der Waals surface area (Å²) in [4.78, 5) is 15.6. The van der Waals surface area contributed by atoms with Gasteiger partial charge in [0, 0.05) is 10.9 Å². The summed E-state index contributed by atoms with van der Waals surface area (Å²) in [7, 11) is 0. The van der Waals surface area contributed by atoms with E-state index < -0.39 is 0 Å². The molecule has 4 nitrogen and oxygen atoms in total. The molecule has 0 radical (unpaired) electrons. The summed E-state index contributed by atoms with van der Waals surface area (Å²) in [6, 6.07) is 13.7. The summed E-state index contributed by atoms with van der Waals surface area (Å²) >= 11 is 0. The van der Waals surface area contributed by atoms with E-state index >= 15 is 0 Å². The highest BCUT2D eigenvalue weighted by atomic mass is 19.1. The minimum Gasteiger partial charge on any atom is -0.350 e. The lowest BCUT2D eigenvalue weighted by molar-refractivity contribution is 0.0949. The molecule has 0 spiro atoms. The van der Waals surface area contributed by atoms with Crippen molar-refractivity contribution in [2.75, 3.05) is 0 Å². The van der Waals surface area contributed by atoms with Gasteiger partial charge in [0.1, 0.15) is 11.5 Å². The number of benzene rings is 2. The van der Waals surface area contributed by atoms with Gasteiger partial charge in [-0.2, -0.15) is 5.10 Å². The second-order valence-corrected chi connectivity index (χ2v) is 5.86. The third kappa shape index (κ3) is 3.20. The van der Waals surface area contributed by atoms with Crippen molar-refractivity contribution >= 4 is 23.0 Å². The first-order chi connectivity index (χ1) is 11.6. The van der Waals surface area contributed by atoms with E-state index in [0.717, 1.165) is 16.5 Å². The normalized spacial score (nSPS) is 11.5. The molecule has 122 valence electrons. The van der Waals surface area contributed by atoms with Crippen molar-refractivity contribution in [1.82, 2.24) is 10.4 Å². The van der Waals surface area contributed by atoms with Gasteiger partial charge in [-0.25, -0.2) is 9.82 Å². The molecule has 0 aliphatic heterocycles. The van der Waals surface area contributed by atoms with E-state index in [1.807, 2.05) is 38.1 Å². The first-order valence-electron chi connectivity index (χ1n) is 7.76. The molecule has 0 saturated carbocycles. The molecule has 24 heavy (non-hydrogen) atoms. The summed E-state index contributed by atoms with van der Waals surface area (Å²) in [6.07, 6.45) is 1.48. The third-order valence-electron chi connectivity index (χ3n) is 3.80. The van der Waals surface area contributed by atoms with E-state index in [9.17, 15) is 9.18 Å². The molecule has 2 N–H and O–H groups in total. The van der Waals surface area contributed by atoms with Crippen molar-refractivity contribution in [2.24, 2.45) is 5.10 Å². The predicted octanol–water partition coefficient (Wildman–Crippen LogP) is 4.19. The number of halogens is 1. The number of carbonyl (C=O) groups excluding carboxylic acids is 1. The summed E-state index contributed by atoms with van der Waals surface area (Å²) < 4.78 is 12.9. The number of hydrazone groups is 1. The van der Waals surface area contributed by atoms with Crippen LogP contribution in [0.2, 0.25) is 0 Å². The summed E-state index contributed by atoms with van der Waals surface area (Å²) in [6.45, 7) is 4.10. The molecule has 2 aromatic carbocycles. The average Bonchev–Trinajstić information content (AvgIpc) is 2.96. The minimum absolute atomic E-state index is 0.197. The van der Waals surface area contributed by atoms with E-state index in [1.165, 1.54) is 18.3 Å². The zero-order valence-electron chi connectivity index (χ0n) is 13.5. The van der Waals surface area contributed by atoms with Gasteiger partial charge in [-0.1, -0.05) is 44.2 Å². The van der Waals surface area contributed by atoms with E-state index in [4.69, 9.17) is 0 Å². The number of H-pyrrole nitrogens is 1. The van der Waals surface area contributed by atoms with Crippen LogP contribution in [-0.2, 0) is 0 Å². The molecule has 0 fully saturated rings. The molecule has 5 heteroatoms. The number of hydrogen-bond acceptors (Lipinski definition) is 2. The Hall–Kier alpha value is -2.95. The molecular formula is C19H18FN3O. The second-order valence-electron chi connectivity index (χ2n) is 5.86. The fourth-order valence-electron chi connectivity index (χ4n) is 2.71. The largest absolute Gasteiger partial charge is 0.350 e. The molecule has 1 amide bonds. The molecule has 1 heterocycles. The van der Waals surface area contributed by atoms with E-state index in [1.54, 1.807) is 12.1 Å². The number of nitrogens with zero attached hydrogens (tertiary/aromatic N) is 1.